The zero-order valence-electron chi connectivity index (χ0n) is 9.03. The van der Waals surface area contributed by atoms with E-state index >= 15 is 0 Å². The van der Waals surface area contributed by atoms with E-state index in [1.165, 1.54) is 5.56 Å². The van der Waals surface area contributed by atoms with Gasteiger partial charge in [-0.25, -0.2) is 4.42 Å². The fourth-order valence-electron chi connectivity index (χ4n) is 1.30. The minimum absolute atomic E-state index is 0.335. The summed E-state index contributed by atoms with van der Waals surface area (Å²) in [5.41, 5.74) is 1.18. The van der Waals surface area contributed by atoms with Crippen LogP contribution in [-0.2, 0) is 10.7 Å². The third kappa shape index (κ3) is 5.50. The van der Waals surface area contributed by atoms with Gasteiger partial charge < -0.3 is 0 Å². The zero-order valence-corrected chi connectivity index (χ0v) is 10.5. The van der Waals surface area contributed by atoms with Gasteiger partial charge in [-0.1, -0.05) is 30.3 Å². The van der Waals surface area contributed by atoms with Crippen molar-refractivity contribution in [3.05, 3.63) is 35.9 Å². The Balaban J connectivity index is 0.000000160. The first-order valence-electron chi connectivity index (χ1n) is 5.24. The topological polar surface area (TPSA) is 20.3 Å². The number of nitrogens with zero attached hydrogens (tertiary/aromatic N) is 1. The number of halogens is 2. The number of benzene rings is 1. The Hall–Kier alpha value is -0.570. The standard InChI is InChI=1S/C7H7Cl.C5H8ClNO/c8-6-7-4-2-1-3-5-7;6-7-3-1-5(8)2-4-7/h1-5H,6H2;1-4H2. The molecule has 1 aliphatic heterocycles. The predicted molar refractivity (Wildman–Crippen MR) is 67.7 cm³/mol. The summed E-state index contributed by atoms with van der Waals surface area (Å²) in [5.74, 6) is 0.947. The van der Waals surface area contributed by atoms with Gasteiger partial charge in [0.05, 0.1) is 0 Å². The van der Waals surface area contributed by atoms with E-state index < -0.39 is 0 Å². The van der Waals surface area contributed by atoms with E-state index in [2.05, 4.69) is 0 Å². The van der Waals surface area contributed by atoms with Gasteiger partial charge in [0, 0.05) is 31.8 Å². The maximum absolute atomic E-state index is 10.5. The van der Waals surface area contributed by atoms with Crippen LogP contribution in [-0.4, -0.2) is 23.3 Å². The highest BCUT2D eigenvalue weighted by Crippen LogP contribution is 2.06. The number of alkyl halides is 1. The molecule has 1 fully saturated rings. The molecular formula is C12H15Cl2NO. The van der Waals surface area contributed by atoms with Crippen molar-refractivity contribution in [2.24, 2.45) is 0 Å². The van der Waals surface area contributed by atoms with Crippen molar-refractivity contribution in [3.8, 4) is 0 Å². The number of piperidine rings is 1. The number of ketones is 1. The second-order valence-corrected chi connectivity index (χ2v) is 4.31. The zero-order chi connectivity index (χ0) is 11.8. The third-order valence-corrected chi connectivity index (χ3v) is 2.91. The molecule has 1 heterocycles. The normalized spacial score (nSPS) is 16.5. The molecule has 1 aliphatic rings. The lowest BCUT2D eigenvalue weighted by molar-refractivity contribution is -0.120. The summed E-state index contributed by atoms with van der Waals surface area (Å²) in [6.45, 7) is 1.45. The van der Waals surface area contributed by atoms with E-state index in [1.54, 1.807) is 4.42 Å². The molecule has 1 aromatic carbocycles. The summed E-state index contributed by atoms with van der Waals surface area (Å²) in [6.07, 6.45) is 1.26. The molecule has 0 atom stereocenters. The number of hydrogen-bond acceptors (Lipinski definition) is 2. The Kier molecular flexibility index (Phi) is 6.46. The molecule has 0 bridgehead atoms. The molecule has 2 rings (SSSR count). The average Bonchev–Trinajstić information content (AvgIpc) is 2.35. The van der Waals surface area contributed by atoms with Crippen molar-refractivity contribution in [2.45, 2.75) is 18.7 Å². The molecule has 2 nitrogen and oxygen atoms in total. The van der Waals surface area contributed by atoms with Gasteiger partial charge in [0.15, 0.2) is 0 Å². The highest BCUT2D eigenvalue weighted by molar-refractivity contribution is 6.17. The van der Waals surface area contributed by atoms with Crippen LogP contribution in [0.1, 0.15) is 18.4 Å². The van der Waals surface area contributed by atoms with Crippen molar-refractivity contribution in [1.29, 1.82) is 0 Å². The number of carbonyl (C=O) groups is 1. The van der Waals surface area contributed by atoms with Crippen LogP contribution < -0.4 is 0 Å². The summed E-state index contributed by atoms with van der Waals surface area (Å²) in [7, 11) is 0. The molecular weight excluding hydrogens is 245 g/mol. The quantitative estimate of drug-likeness (QED) is 0.570. The Morgan fingerprint density at radius 2 is 1.69 bits per heavy atom. The summed E-state index contributed by atoms with van der Waals surface area (Å²) >= 11 is 11.1. The second kappa shape index (κ2) is 7.66. The van der Waals surface area contributed by atoms with Crippen molar-refractivity contribution in [2.75, 3.05) is 13.1 Å². The number of hydrogen-bond donors (Lipinski definition) is 0. The smallest absolute Gasteiger partial charge is 0.135 e. The predicted octanol–water partition coefficient (Wildman–Crippen LogP) is 3.23. The van der Waals surface area contributed by atoms with Crippen LogP contribution in [0.4, 0.5) is 0 Å². The van der Waals surface area contributed by atoms with Crippen molar-refractivity contribution < 1.29 is 4.79 Å². The fourth-order valence-corrected chi connectivity index (χ4v) is 1.64. The largest absolute Gasteiger partial charge is 0.300 e. The number of Topliss-reactive ketones (excluding diaryl/α,β-unsaturated/α-hetero) is 1. The summed E-state index contributed by atoms with van der Waals surface area (Å²) < 4.78 is 1.65. The van der Waals surface area contributed by atoms with Gasteiger partial charge in [-0.3, -0.25) is 4.79 Å². The van der Waals surface area contributed by atoms with Gasteiger partial charge in [-0.15, -0.1) is 11.6 Å². The van der Waals surface area contributed by atoms with Crippen LogP contribution in [0.15, 0.2) is 30.3 Å². The Labute approximate surface area is 106 Å². The van der Waals surface area contributed by atoms with Crippen molar-refractivity contribution in [1.82, 2.24) is 4.42 Å². The van der Waals surface area contributed by atoms with Crippen LogP contribution in [0.25, 0.3) is 0 Å². The van der Waals surface area contributed by atoms with E-state index in [1.807, 2.05) is 30.3 Å². The molecule has 16 heavy (non-hydrogen) atoms. The Bertz CT molecular complexity index is 306. The maximum atomic E-state index is 10.5. The molecule has 0 aromatic heterocycles. The summed E-state index contributed by atoms with van der Waals surface area (Å²) in [6, 6.07) is 9.96. The van der Waals surface area contributed by atoms with Crippen LogP contribution in [0, 0.1) is 0 Å². The monoisotopic (exact) mass is 259 g/mol. The van der Waals surface area contributed by atoms with Crippen molar-refractivity contribution >= 4 is 29.2 Å². The summed E-state index contributed by atoms with van der Waals surface area (Å²) in [5, 5.41) is 0. The molecule has 0 spiro atoms. The van der Waals surface area contributed by atoms with E-state index in [0.29, 0.717) is 24.5 Å². The van der Waals surface area contributed by atoms with Crippen LogP contribution in [0.3, 0.4) is 0 Å². The molecule has 1 saturated heterocycles. The first-order chi connectivity index (χ1) is 7.72. The Morgan fingerprint density at radius 3 is 2.06 bits per heavy atom. The molecule has 0 unspecified atom stereocenters. The third-order valence-electron chi connectivity index (χ3n) is 2.26. The lowest BCUT2D eigenvalue weighted by Gasteiger charge is -2.16. The van der Waals surface area contributed by atoms with E-state index in [0.717, 1.165) is 13.1 Å². The van der Waals surface area contributed by atoms with E-state index in [9.17, 15) is 4.79 Å². The molecule has 4 heteroatoms. The first-order valence-corrected chi connectivity index (χ1v) is 6.12. The van der Waals surface area contributed by atoms with Crippen molar-refractivity contribution in [3.63, 3.8) is 0 Å². The SMILES string of the molecule is ClCc1ccccc1.O=C1CCN(Cl)CC1. The van der Waals surface area contributed by atoms with Gasteiger partial charge >= 0.3 is 0 Å². The van der Waals surface area contributed by atoms with E-state index in [4.69, 9.17) is 23.4 Å². The highest BCUT2D eigenvalue weighted by Gasteiger charge is 2.12. The minimum atomic E-state index is 0.335. The number of carbonyl (C=O) groups excluding carboxylic acids is 1. The summed E-state index contributed by atoms with van der Waals surface area (Å²) in [4.78, 5) is 10.5. The molecule has 88 valence electrons. The molecule has 0 aliphatic carbocycles. The molecule has 0 saturated carbocycles. The lowest BCUT2D eigenvalue weighted by Crippen LogP contribution is -2.25. The van der Waals surface area contributed by atoms with Gasteiger partial charge in [-0.05, 0) is 17.3 Å². The molecule has 0 radical (unpaired) electrons. The van der Waals surface area contributed by atoms with Crippen LogP contribution >= 0.6 is 23.4 Å². The molecule has 0 amide bonds. The average molecular weight is 260 g/mol. The van der Waals surface area contributed by atoms with Crippen LogP contribution in [0.5, 0.6) is 0 Å². The molecule has 0 N–H and O–H groups in total. The highest BCUT2D eigenvalue weighted by atomic mass is 35.5. The van der Waals surface area contributed by atoms with Gasteiger partial charge in [0.2, 0.25) is 0 Å². The number of rotatable bonds is 1. The molecule has 1 aromatic rings. The Morgan fingerprint density at radius 1 is 1.12 bits per heavy atom. The van der Waals surface area contributed by atoms with E-state index in [-0.39, 0.29) is 0 Å². The van der Waals surface area contributed by atoms with Gasteiger partial charge in [-0.2, -0.15) is 0 Å². The van der Waals surface area contributed by atoms with Gasteiger partial charge in [0.1, 0.15) is 5.78 Å². The second-order valence-electron chi connectivity index (χ2n) is 3.57. The van der Waals surface area contributed by atoms with Gasteiger partial charge in [0.25, 0.3) is 0 Å². The minimum Gasteiger partial charge on any atom is -0.300 e. The maximum Gasteiger partial charge on any atom is 0.135 e. The fraction of sp³-hybridized carbons (Fsp3) is 0.417. The van der Waals surface area contributed by atoms with Crippen LogP contribution in [0.2, 0.25) is 0 Å². The lowest BCUT2D eigenvalue weighted by atomic mass is 10.1. The first kappa shape index (κ1) is 13.5.